The monoisotopic (exact) mass is 280 g/mol. The number of rotatable bonds is 9. The molecule has 0 aromatic rings. The summed E-state index contributed by atoms with van der Waals surface area (Å²) in [4.78, 5) is 4.83. The first-order valence-electron chi connectivity index (χ1n) is 7.90. The van der Waals surface area contributed by atoms with E-state index in [0.717, 1.165) is 32.5 Å². The number of likely N-dealkylation sites (N-methyl/N-ethyl adjacent to an activating group) is 2. The molecule has 1 saturated carbocycles. The van der Waals surface area contributed by atoms with E-state index < -0.39 is 0 Å². The van der Waals surface area contributed by atoms with Crippen molar-refractivity contribution in [3.05, 3.63) is 0 Å². The Morgan fingerprint density at radius 2 is 1.95 bits per heavy atom. The molecule has 1 N–H and O–H groups in total. The number of nitrogens with zero attached hydrogens (tertiary/aromatic N) is 3. The summed E-state index contributed by atoms with van der Waals surface area (Å²) in [5, 5.41) is 12.5. The molecule has 4 heteroatoms. The molecule has 1 rings (SSSR count). The molecule has 1 aliphatic carbocycles. The molecule has 0 saturated heterocycles. The molecular formula is C16H32N4. The zero-order valence-electron chi connectivity index (χ0n) is 14.0. The molecule has 0 aliphatic heterocycles. The topological polar surface area (TPSA) is 42.3 Å². The van der Waals surface area contributed by atoms with Gasteiger partial charge in [-0.15, -0.1) is 0 Å². The summed E-state index contributed by atoms with van der Waals surface area (Å²) in [7, 11) is 6.61. The Labute approximate surface area is 125 Å². The van der Waals surface area contributed by atoms with Gasteiger partial charge in [0, 0.05) is 12.1 Å². The lowest BCUT2D eigenvalue weighted by atomic mass is 9.75. The highest BCUT2D eigenvalue weighted by atomic mass is 15.2. The predicted octanol–water partition coefficient (Wildman–Crippen LogP) is 2.07. The fourth-order valence-corrected chi connectivity index (χ4v) is 3.19. The Bertz CT molecular complexity index is 330. The van der Waals surface area contributed by atoms with Gasteiger partial charge in [-0.1, -0.05) is 6.92 Å². The molecule has 0 bridgehead atoms. The standard InChI is InChI=1S/C16H32N4/c1-6-18-15(2,13-17)9-8-12-20(5)14-16(19(3)4)10-7-11-16/h18H,6-12,14H2,1-5H3. The molecule has 0 heterocycles. The van der Waals surface area contributed by atoms with Gasteiger partial charge in [-0.25, -0.2) is 0 Å². The third kappa shape index (κ3) is 4.44. The van der Waals surface area contributed by atoms with Gasteiger partial charge in [0.15, 0.2) is 0 Å². The molecule has 0 amide bonds. The maximum atomic E-state index is 9.26. The summed E-state index contributed by atoms with van der Waals surface area (Å²) in [5.74, 6) is 0. The van der Waals surface area contributed by atoms with E-state index in [1.165, 1.54) is 19.3 Å². The average molecular weight is 280 g/mol. The molecule has 1 aliphatic rings. The van der Waals surface area contributed by atoms with Crippen molar-refractivity contribution in [3.63, 3.8) is 0 Å². The van der Waals surface area contributed by atoms with E-state index >= 15 is 0 Å². The van der Waals surface area contributed by atoms with E-state index in [1.807, 2.05) is 6.92 Å². The molecule has 0 spiro atoms. The summed E-state index contributed by atoms with van der Waals surface area (Å²) < 4.78 is 0. The number of nitriles is 1. The van der Waals surface area contributed by atoms with Gasteiger partial charge in [-0.2, -0.15) is 5.26 Å². The number of nitrogens with one attached hydrogen (secondary N) is 1. The molecule has 4 nitrogen and oxygen atoms in total. The predicted molar refractivity (Wildman–Crippen MR) is 84.7 cm³/mol. The molecule has 0 aromatic carbocycles. The van der Waals surface area contributed by atoms with Crippen LogP contribution in [-0.2, 0) is 0 Å². The van der Waals surface area contributed by atoms with Crippen molar-refractivity contribution in [3.8, 4) is 6.07 Å². The lowest BCUT2D eigenvalue weighted by molar-refractivity contribution is 0.0272. The van der Waals surface area contributed by atoms with Crippen molar-refractivity contribution in [1.29, 1.82) is 5.26 Å². The Morgan fingerprint density at radius 3 is 2.35 bits per heavy atom. The van der Waals surface area contributed by atoms with Gasteiger partial charge in [0.2, 0.25) is 0 Å². The minimum absolute atomic E-state index is 0.370. The van der Waals surface area contributed by atoms with Gasteiger partial charge in [-0.05, 0) is 73.3 Å². The van der Waals surface area contributed by atoms with Gasteiger partial charge >= 0.3 is 0 Å². The lowest BCUT2D eigenvalue weighted by Gasteiger charge is -2.49. The Kier molecular flexibility index (Phi) is 6.44. The van der Waals surface area contributed by atoms with Crippen molar-refractivity contribution in [2.45, 2.75) is 57.0 Å². The largest absolute Gasteiger partial charge is 0.305 e. The van der Waals surface area contributed by atoms with Crippen LogP contribution in [0.15, 0.2) is 0 Å². The van der Waals surface area contributed by atoms with E-state index in [2.05, 4.69) is 49.3 Å². The second kappa shape index (κ2) is 7.40. The van der Waals surface area contributed by atoms with E-state index in [-0.39, 0.29) is 5.54 Å². The third-order valence-electron chi connectivity index (χ3n) is 4.83. The van der Waals surface area contributed by atoms with Crippen molar-refractivity contribution < 1.29 is 0 Å². The van der Waals surface area contributed by atoms with E-state index in [9.17, 15) is 5.26 Å². The van der Waals surface area contributed by atoms with Crippen molar-refractivity contribution in [2.24, 2.45) is 0 Å². The minimum atomic E-state index is -0.370. The number of hydrogen-bond acceptors (Lipinski definition) is 4. The summed E-state index contributed by atoms with van der Waals surface area (Å²) in [6, 6.07) is 2.40. The van der Waals surface area contributed by atoms with Gasteiger partial charge in [0.05, 0.1) is 6.07 Å². The first-order valence-corrected chi connectivity index (χ1v) is 7.90. The van der Waals surface area contributed by atoms with E-state index in [0.29, 0.717) is 5.54 Å². The van der Waals surface area contributed by atoms with E-state index in [4.69, 9.17) is 0 Å². The minimum Gasteiger partial charge on any atom is -0.305 e. The second-order valence-corrected chi connectivity index (χ2v) is 6.79. The Morgan fingerprint density at radius 1 is 1.30 bits per heavy atom. The molecule has 20 heavy (non-hydrogen) atoms. The summed E-state index contributed by atoms with van der Waals surface area (Å²) in [5.41, 5.74) is 0.0280. The Hall–Kier alpha value is -0.630. The summed E-state index contributed by atoms with van der Waals surface area (Å²) in [6.45, 7) is 7.12. The molecule has 1 atom stereocenters. The first kappa shape index (κ1) is 17.4. The molecule has 0 radical (unpaired) electrons. The SMILES string of the molecule is CCNC(C)(C#N)CCCN(C)CC1(N(C)C)CCC1. The first-order chi connectivity index (χ1) is 9.37. The van der Waals surface area contributed by atoms with Gasteiger partial charge in [0.1, 0.15) is 5.54 Å². The van der Waals surface area contributed by atoms with Crippen LogP contribution < -0.4 is 5.32 Å². The third-order valence-corrected chi connectivity index (χ3v) is 4.83. The molecule has 0 aromatic heterocycles. The average Bonchev–Trinajstić information content (AvgIpc) is 2.33. The highest BCUT2D eigenvalue weighted by Crippen LogP contribution is 2.36. The van der Waals surface area contributed by atoms with Gasteiger partial charge in [0.25, 0.3) is 0 Å². The van der Waals surface area contributed by atoms with Crippen LogP contribution in [0, 0.1) is 11.3 Å². The summed E-state index contributed by atoms with van der Waals surface area (Å²) >= 11 is 0. The highest BCUT2D eigenvalue weighted by Gasteiger charge is 2.39. The second-order valence-electron chi connectivity index (χ2n) is 6.79. The maximum Gasteiger partial charge on any atom is 0.103 e. The smallest absolute Gasteiger partial charge is 0.103 e. The fourth-order valence-electron chi connectivity index (χ4n) is 3.19. The molecule has 116 valence electrons. The molecular weight excluding hydrogens is 248 g/mol. The maximum absolute atomic E-state index is 9.26. The lowest BCUT2D eigenvalue weighted by Crippen LogP contribution is -2.56. The molecule has 1 fully saturated rings. The van der Waals surface area contributed by atoms with Crippen molar-refractivity contribution in [1.82, 2.24) is 15.1 Å². The van der Waals surface area contributed by atoms with Crippen molar-refractivity contribution in [2.75, 3.05) is 40.8 Å². The van der Waals surface area contributed by atoms with Crippen LogP contribution in [0.5, 0.6) is 0 Å². The van der Waals surface area contributed by atoms with Crippen LogP contribution in [0.1, 0.15) is 46.0 Å². The zero-order chi connectivity index (χ0) is 15.2. The van der Waals surface area contributed by atoms with Crippen LogP contribution in [0.25, 0.3) is 0 Å². The fraction of sp³-hybridized carbons (Fsp3) is 0.938. The quantitative estimate of drug-likeness (QED) is 0.702. The van der Waals surface area contributed by atoms with Crippen LogP contribution in [0.3, 0.4) is 0 Å². The Balaban J connectivity index is 2.33. The van der Waals surface area contributed by atoms with Crippen LogP contribution >= 0.6 is 0 Å². The van der Waals surface area contributed by atoms with Crippen LogP contribution in [0.2, 0.25) is 0 Å². The normalized spacial score (nSPS) is 20.5. The van der Waals surface area contributed by atoms with Crippen LogP contribution in [0.4, 0.5) is 0 Å². The van der Waals surface area contributed by atoms with Gasteiger partial charge < -0.3 is 9.80 Å². The zero-order valence-corrected chi connectivity index (χ0v) is 14.0. The van der Waals surface area contributed by atoms with Gasteiger partial charge in [-0.3, -0.25) is 5.32 Å². The van der Waals surface area contributed by atoms with E-state index in [1.54, 1.807) is 0 Å². The van der Waals surface area contributed by atoms with Crippen LogP contribution in [-0.4, -0.2) is 61.7 Å². The van der Waals surface area contributed by atoms with Crippen molar-refractivity contribution >= 4 is 0 Å². The molecule has 1 unspecified atom stereocenters. The number of hydrogen-bond donors (Lipinski definition) is 1. The highest BCUT2D eigenvalue weighted by molar-refractivity contribution is 5.03. The summed E-state index contributed by atoms with van der Waals surface area (Å²) in [6.07, 6.45) is 5.97.